The van der Waals surface area contributed by atoms with Gasteiger partial charge in [0.15, 0.2) is 15.0 Å². The van der Waals surface area contributed by atoms with Gasteiger partial charge in [0, 0.05) is 19.4 Å². The molecule has 0 bridgehead atoms. The number of nitrogens with one attached hydrogen (secondary N) is 1. The van der Waals surface area contributed by atoms with Crippen LogP contribution in [0.3, 0.4) is 0 Å². The van der Waals surface area contributed by atoms with Gasteiger partial charge < -0.3 is 10.2 Å². The predicted octanol–water partition coefficient (Wildman–Crippen LogP) is 3.60. The van der Waals surface area contributed by atoms with Crippen LogP contribution < -0.4 is 5.32 Å². The molecule has 154 valence electrons. The van der Waals surface area contributed by atoms with E-state index in [1.807, 2.05) is 30.3 Å². The number of amides is 2. The van der Waals surface area contributed by atoms with Crippen molar-refractivity contribution in [2.24, 2.45) is 0 Å². The second-order valence-electron chi connectivity index (χ2n) is 7.06. The Hall–Kier alpha value is -3.04. The first-order valence-corrected chi connectivity index (χ1v) is 11.9. The van der Waals surface area contributed by atoms with Crippen LogP contribution in [-0.2, 0) is 19.4 Å². The lowest BCUT2D eigenvalue weighted by molar-refractivity contribution is -0.129. The molecule has 9 heteroatoms. The highest BCUT2D eigenvalue weighted by atomic mass is 32.2. The molecule has 0 spiro atoms. The van der Waals surface area contributed by atoms with Gasteiger partial charge in [0.05, 0.1) is 27.6 Å². The van der Waals surface area contributed by atoms with E-state index in [1.165, 1.54) is 24.3 Å². The fraction of sp³-hybridized carbons (Fsp3) is 0.190. The average Bonchev–Trinajstić information content (AvgIpc) is 3.08. The van der Waals surface area contributed by atoms with Crippen LogP contribution in [-0.4, -0.2) is 36.4 Å². The Labute approximate surface area is 178 Å². The quantitative estimate of drug-likeness (QED) is 0.667. The first-order chi connectivity index (χ1) is 14.2. The Morgan fingerprint density at radius 2 is 1.97 bits per heavy atom. The first-order valence-electron chi connectivity index (χ1n) is 9.19. The first kappa shape index (κ1) is 20.2. The minimum Gasteiger partial charge on any atom is -0.311 e. The van der Waals surface area contributed by atoms with Crippen LogP contribution in [0.15, 0.2) is 53.6 Å². The lowest BCUT2D eigenvalue weighted by Crippen LogP contribution is -2.33. The fourth-order valence-electron chi connectivity index (χ4n) is 3.45. The number of hydrogen-bond acceptors (Lipinski definition) is 6. The molecule has 0 saturated carbocycles. The molecule has 0 saturated heterocycles. The third-order valence-corrected chi connectivity index (χ3v) is 6.93. The minimum absolute atomic E-state index is 0.0748. The SMILES string of the molecule is CC(=O)N1C=Cc2ccccc2[C@@H]1CC(=O)Nc1nc2ccc(S(C)(=O)=O)cc2s1. The summed E-state index contributed by atoms with van der Waals surface area (Å²) in [5.74, 6) is -0.425. The van der Waals surface area contributed by atoms with Crippen LogP contribution in [0, 0.1) is 0 Å². The van der Waals surface area contributed by atoms with E-state index in [9.17, 15) is 18.0 Å². The molecule has 1 N–H and O–H groups in total. The van der Waals surface area contributed by atoms with Gasteiger partial charge in [0.1, 0.15) is 0 Å². The Morgan fingerprint density at radius 1 is 1.20 bits per heavy atom. The van der Waals surface area contributed by atoms with Crippen LogP contribution in [0.1, 0.15) is 30.5 Å². The van der Waals surface area contributed by atoms with Crippen molar-refractivity contribution in [1.82, 2.24) is 9.88 Å². The van der Waals surface area contributed by atoms with E-state index in [4.69, 9.17) is 0 Å². The summed E-state index contributed by atoms with van der Waals surface area (Å²) in [5, 5.41) is 3.17. The minimum atomic E-state index is -3.32. The number of thiazole rings is 1. The van der Waals surface area contributed by atoms with Crippen LogP contribution in [0.5, 0.6) is 0 Å². The van der Waals surface area contributed by atoms with Crippen LogP contribution in [0.4, 0.5) is 5.13 Å². The summed E-state index contributed by atoms with van der Waals surface area (Å²) in [7, 11) is -3.32. The number of carbonyl (C=O) groups is 2. The van der Waals surface area contributed by atoms with Crippen molar-refractivity contribution in [3.8, 4) is 0 Å². The molecule has 4 rings (SSSR count). The van der Waals surface area contributed by atoms with Crippen molar-refractivity contribution in [2.75, 3.05) is 11.6 Å². The van der Waals surface area contributed by atoms with E-state index < -0.39 is 15.9 Å². The zero-order valence-corrected chi connectivity index (χ0v) is 18.0. The lowest BCUT2D eigenvalue weighted by atomic mass is 9.93. The van der Waals surface area contributed by atoms with Gasteiger partial charge in [-0.15, -0.1) is 0 Å². The molecule has 1 aliphatic heterocycles. The topological polar surface area (TPSA) is 96.4 Å². The Kier molecular flexibility index (Phi) is 5.17. The molecule has 3 aromatic rings. The smallest absolute Gasteiger partial charge is 0.228 e. The molecule has 1 aromatic heterocycles. The number of benzene rings is 2. The van der Waals surface area contributed by atoms with Gasteiger partial charge in [-0.25, -0.2) is 13.4 Å². The molecule has 0 fully saturated rings. The Morgan fingerprint density at radius 3 is 2.70 bits per heavy atom. The van der Waals surface area contributed by atoms with Crippen molar-refractivity contribution in [1.29, 1.82) is 0 Å². The van der Waals surface area contributed by atoms with Gasteiger partial charge in [-0.3, -0.25) is 9.59 Å². The summed E-state index contributed by atoms with van der Waals surface area (Å²) in [6, 6.07) is 11.9. The maximum atomic E-state index is 12.8. The Balaban J connectivity index is 1.56. The highest BCUT2D eigenvalue weighted by Gasteiger charge is 2.28. The summed E-state index contributed by atoms with van der Waals surface area (Å²) in [6.45, 7) is 1.47. The molecule has 2 aromatic carbocycles. The van der Waals surface area contributed by atoms with Crippen molar-refractivity contribution in [2.45, 2.75) is 24.3 Å². The van der Waals surface area contributed by atoms with Gasteiger partial charge >= 0.3 is 0 Å². The van der Waals surface area contributed by atoms with Gasteiger partial charge in [-0.1, -0.05) is 35.6 Å². The van der Waals surface area contributed by atoms with Crippen LogP contribution >= 0.6 is 11.3 Å². The van der Waals surface area contributed by atoms with E-state index >= 15 is 0 Å². The largest absolute Gasteiger partial charge is 0.311 e. The monoisotopic (exact) mass is 441 g/mol. The Bertz CT molecular complexity index is 1290. The predicted molar refractivity (Wildman–Crippen MR) is 117 cm³/mol. The van der Waals surface area contributed by atoms with Crippen molar-refractivity contribution in [3.63, 3.8) is 0 Å². The van der Waals surface area contributed by atoms with Crippen molar-refractivity contribution in [3.05, 3.63) is 59.8 Å². The van der Waals surface area contributed by atoms with Gasteiger partial charge in [0.25, 0.3) is 0 Å². The third-order valence-electron chi connectivity index (χ3n) is 4.88. The number of aromatic nitrogens is 1. The van der Waals surface area contributed by atoms with Crippen LogP contribution in [0.25, 0.3) is 16.3 Å². The number of fused-ring (bicyclic) bond motifs is 2. The molecule has 1 aliphatic rings. The molecular formula is C21H19N3O4S2. The molecule has 1 atom stereocenters. The molecule has 30 heavy (non-hydrogen) atoms. The number of rotatable bonds is 4. The number of sulfone groups is 1. The normalized spacial score (nSPS) is 15.8. The van der Waals surface area contributed by atoms with Gasteiger partial charge in [-0.05, 0) is 35.4 Å². The van der Waals surface area contributed by atoms with E-state index in [2.05, 4.69) is 10.3 Å². The number of carbonyl (C=O) groups excluding carboxylic acids is 2. The van der Waals surface area contributed by atoms with Gasteiger partial charge in [0.2, 0.25) is 11.8 Å². The zero-order valence-electron chi connectivity index (χ0n) is 16.3. The summed E-state index contributed by atoms with van der Waals surface area (Å²) in [6.07, 6.45) is 4.78. The molecular weight excluding hydrogens is 422 g/mol. The molecule has 0 aliphatic carbocycles. The highest BCUT2D eigenvalue weighted by Crippen LogP contribution is 2.34. The number of hydrogen-bond donors (Lipinski definition) is 1. The summed E-state index contributed by atoms with van der Waals surface area (Å²) in [4.78, 5) is 31.0. The highest BCUT2D eigenvalue weighted by molar-refractivity contribution is 7.90. The van der Waals surface area contributed by atoms with Gasteiger partial charge in [-0.2, -0.15) is 0 Å². The maximum absolute atomic E-state index is 12.8. The van der Waals surface area contributed by atoms with E-state index in [0.717, 1.165) is 17.4 Å². The summed E-state index contributed by atoms with van der Waals surface area (Å²) >= 11 is 1.21. The third kappa shape index (κ3) is 3.99. The van der Waals surface area contributed by atoms with E-state index in [-0.39, 0.29) is 23.1 Å². The molecule has 0 unspecified atom stereocenters. The molecule has 0 radical (unpaired) electrons. The number of anilines is 1. The fourth-order valence-corrected chi connectivity index (χ4v) is 5.09. The maximum Gasteiger partial charge on any atom is 0.228 e. The van der Waals surface area contributed by atoms with Crippen LogP contribution in [0.2, 0.25) is 0 Å². The zero-order chi connectivity index (χ0) is 21.5. The van der Waals surface area contributed by atoms with E-state index in [1.54, 1.807) is 23.2 Å². The summed E-state index contributed by atoms with van der Waals surface area (Å²) < 4.78 is 24.2. The lowest BCUT2D eigenvalue weighted by Gasteiger charge is -2.32. The van der Waals surface area contributed by atoms with E-state index in [0.29, 0.717) is 15.3 Å². The second-order valence-corrected chi connectivity index (χ2v) is 10.1. The molecule has 2 amide bonds. The molecule has 2 heterocycles. The average molecular weight is 442 g/mol. The summed E-state index contributed by atoms with van der Waals surface area (Å²) in [5.41, 5.74) is 2.49. The standard InChI is InChI=1S/C21H19N3O4S2/c1-13(25)24-10-9-14-5-3-4-6-16(14)18(24)12-20(26)23-21-22-17-8-7-15(30(2,27)28)11-19(17)29-21/h3-11,18H,12H2,1-2H3,(H,22,23,26)/t18-/m0/s1. The number of nitrogens with zero attached hydrogens (tertiary/aromatic N) is 2. The molecule has 7 nitrogen and oxygen atoms in total. The second kappa shape index (κ2) is 7.66. The van der Waals surface area contributed by atoms with Crippen molar-refractivity contribution < 1.29 is 18.0 Å². The van der Waals surface area contributed by atoms with Crippen molar-refractivity contribution >= 4 is 54.4 Å².